The number of hydrogen-bond acceptors (Lipinski definition) is 3. The SMILES string of the molecule is CCC(Br)CCNCc1ncc(C)c(OC)c1C. The van der Waals surface area contributed by atoms with Gasteiger partial charge in [-0.3, -0.25) is 4.98 Å². The van der Waals surface area contributed by atoms with E-state index in [-0.39, 0.29) is 0 Å². The lowest BCUT2D eigenvalue weighted by atomic mass is 10.1. The minimum Gasteiger partial charge on any atom is -0.496 e. The molecule has 1 atom stereocenters. The molecule has 1 aromatic rings. The number of pyridine rings is 1. The van der Waals surface area contributed by atoms with Crippen LogP contribution in [-0.2, 0) is 6.54 Å². The van der Waals surface area contributed by atoms with E-state index in [1.54, 1.807) is 7.11 Å². The number of aryl methyl sites for hydroxylation is 1. The fraction of sp³-hybridized carbons (Fsp3) is 0.643. The van der Waals surface area contributed by atoms with Gasteiger partial charge in [0.25, 0.3) is 0 Å². The van der Waals surface area contributed by atoms with E-state index in [1.165, 1.54) is 0 Å². The van der Waals surface area contributed by atoms with Crippen LogP contribution in [0.1, 0.15) is 36.6 Å². The highest BCUT2D eigenvalue weighted by Gasteiger charge is 2.09. The maximum Gasteiger partial charge on any atom is 0.128 e. The highest BCUT2D eigenvalue weighted by molar-refractivity contribution is 9.09. The Bertz CT molecular complexity index is 382. The first-order valence-corrected chi connectivity index (χ1v) is 7.35. The predicted octanol–water partition coefficient (Wildman–Crippen LogP) is 3.36. The summed E-state index contributed by atoms with van der Waals surface area (Å²) in [5.74, 6) is 0.953. The summed E-state index contributed by atoms with van der Waals surface area (Å²) in [5.41, 5.74) is 3.29. The van der Waals surface area contributed by atoms with Crippen molar-refractivity contribution in [2.75, 3.05) is 13.7 Å². The summed E-state index contributed by atoms with van der Waals surface area (Å²) >= 11 is 3.63. The molecule has 0 spiro atoms. The number of hydrogen-bond donors (Lipinski definition) is 1. The third kappa shape index (κ3) is 4.25. The van der Waals surface area contributed by atoms with Crippen LogP contribution in [0.3, 0.4) is 0 Å². The Kier molecular flexibility index (Phi) is 6.65. The Balaban J connectivity index is 2.53. The minimum atomic E-state index is 0.603. The lowest BCUT2D eigenvalue weighted by molar-refractivity contribution is 0.406. The van der Waals surface area contributed by atoms with Crippen molar-refractivity contribution in [3.8, 4) is 5.75 Å². The van der Waals surface area contributed by atoms with Gasteiger partial charge in [0.1, 0.15) is 5.75 Å². The van der Waals surface area contributed by atoms with Gasteiger partial charge in [-0.2, -0.15) is 0 Å². The van der Waals surface area contributed by atoms with Crippen LogP contribution in [0.25, 0.3) is 0 Å². The molecule has 0 aromatic carbocycles. The van der Waals surface area contributed by atoms with E-state index in [9.17, 15) is 0 Å². The Morgan fingerprint density at radius 2 is 2.17 bits per heavy atom. The summed E-state index contributed by atoms with van der Waals surface area (Å²) < 4.78 is 5.40. The first-order chi connectivity index (χ1) is 8.60. The number of rotatable bonds is 7. The zero-order valence-electron chi connectivity index (χ0n) is 11.7. The second kappa shape index (κ2) is 7.74. The predicted molar refractivity (Wildman–Crippen MR) is 79.6 cm³/mol. The molecule has 1 aromatic heterocycles. The summed E-state index contributed by atoms with van der Waals surface area (Å²) in [5, 5.41) is 3.43. The van der Waals surface area contributed by atoms with Crippen LogP contribution >= 0.6 is 15.9 Å². The molecule has 1 N–H and O–H groups in total. The van der Waals surface area contributed by atoms with Gasteiger partial charge in [0, 0.05) is 28.7 Å². The number of halogens is 1. The Labute approximate surface area is 118 Å². The quantitative estimate of drug-likeness (QED) is 0.619. The standard InChI is InChI=1S/C14H23BrN2O/c1-5-12(15)6-7-16-9-13-11(3)14(18-4)10(2)8-17-13/h8,12,16H,5-7,9H2,1-4H3. The van der Waals surface area contributed by atoms with Crippen molar-refractivity contribution in [1.82, 2.24) is 10.3 Å². The molecular formula is C14H23BrN2O. The van der Waals surface area contributed by atoms with Crippen LogP contribution < -0.4 is 10.1 Å². The average molecular weight is 315 g/mol. The van der Waals surface area contributed by atoms with Gasteiger partial charge >= 0.3 is 0 Å². The van der Waals surface area contributed by atoms with Gasteiger partial charge in [-0.25, -0.2) is 0 Å². The normalized spacial score (nSPS) is 12.5. The molecule has 1 rings (SSSR count). The minimum absolute atomic E-state index is 0.603. The molecule has 3 nitrogen and oxygen atoms in total. The van der Waals surface area contributed by atoms with Gasteiger partial charge in [0.2, 0.25) is 0 Å². The topological polar surface area (TPSA) is 34.2 Å². The van der Waals surface area contributed by atoms with Crippen LogP contribution in [0.5, 0.6) is 5.75 Å². The molecule has 1 unspecified atom stereocenters. The molecule has 1 heterocycles. The van der Waals surface area contributed by atoms with Crippen LogP contribution in [-0.4, -0.2) is 23.5 Å². The van der Waals surface area contributed by atoms with Gasteiger partial charge in [0.15, 0.2) is 0 Å². The monoisotopic (exact) mass is 314 g/mol. The second-order valence-electron chi connectivity index (χ2n) is 4.52. The fourth-order valence-corrected chi connectivity index (χ4v) is 2.15. The van der Waals surface area contributed by atoms with E-state index in [1.807, 2.05) is 13.1 Å². The summed E-state index contributed by atoms with van der Waals surface area (Å²) in [6.45, 7) is 8.07. The van der Waals surface area contributed by atoms with E-state index in [4.69, 9.17) is 4.74 Å². The van der Waals surface area contributed by atoms with Crippen LogP contribution in [0.2, 0.25) is 0 Å². The Hall–Kier alpha value is -0.610. The lowest BCUT2D eigenvalue weighted by Gasteiger charge is -2.13. The number of ether oxygens (including phenoxy) is 1. The van der Waals surface area contributed by atoms with Crippen molar-refractivity contribution in [3.05, 3.63) is 23.0 Å². The van der Waals surface area contributed by atoms with Gasteiger partial charge in [-0.15, -0.1) is 0 Å². The van der Waals surface area contributed by atoms with Gasteiger partial charge < -0.3 is 10.1 Å². The molecule has 18 heavy (non-hydrogen) atoms. The third-order valence-corrected chi connectivity index (χ3v) is 4.22. The molecule has 0 amide bonds. The molecular weight excluding hydrogens is 292 g/mol. The fourth-order valence-electron chi connectivity index (χ4n) is 1.92. The van der Waals surface area contributed by atoms with Crippen molar-refractivity contribution < 1.29 is 4.74 Å². The molecule has 0 aliphatic rings. The molecule has 0 saturated carbocycles. The van der Waals surface area contributed by atoms with Gasteiger partial charge in [-0.1, -0.05) is 22.9 Å². The molecule has 0 fully saturated rings. The number of aromatic nitrogens is 1. The summed E-state index contributed by atoms with van der Waals surface area (Å²) in [6.07, 6.45) is 4.18. The number of nitrogens with zero attached hydrogens (tertiary/aromatic N) is 1. The number of nitrogens with one attached hydrogen (secondary N) is 1. The molecule has 0 bridgehead atoms. The van der Waals surface area contributed by atoms with E-state index in [0.29, 0.717) is 4.83 Å². The van der Waals surface area contributed by atoms with E-state index < -0.39 is 0 Å². The van der Waals surface area contributed by atoms with Gasteiger partial charge in [0.05, 0.1) is 12.8 Å². The van der Waals surface area contributed by atoms with Crippen LogP contribution in [0.15, 0.2) is 6.20 Å². The van der Waals surface area contributed by atoms with E-state index in [2.05, 4.69) is 40.1 Å². The van der Waals surface area contributed by atoms with Crippen molar-refractivity contribution in [2.45, 2.75) is 45.0 Å². The summed E-state index contributed by atoms with van der Waals surface area (Å²) in [6, 6.07) is 0. The van der Waals surface area contributed by atoms with Crippen molar-refractivity contribution in [3.63, 3.8) is 0 Å². The smallest absolute Gasteiger partial charge is 0.128 e. The molecule has 102 valence electrons. The highest BCUT2D eigenvalue weighted by atomic mass is 79.9. The molecule has 0 radical (unpaired) electrons. The average Bonchev–Trinajstić information content (AvgIpc) is 2.37. The van der Waals surface area contributed by atoms with Crippen LogP contribution in [0.4, 0.5) is 0 Å². The summed E-state index contributed by atoms with van der Waals surface area (Å²) in [4.78, 5) is 5.07. The van der Waals surface area contributed by atoms with E-state index in [0.717, 1.165) is 48.5 Å². The van der Waals surface area contributed by atoms with E-state index >= 15 is 0 Å². The molecule has 0 aliphatic carbocycles. The first-order valence-electron chi connectivity index (χ1n) is 6.44. The van der Waals surface area contributed by atoms with Crippen molar-refractivity contribution in [1.29, 1.82) is 0 Å². The zero-order valence-corrected chi connectivity index (χ0v) is 13.3. The zero-order chi connectivity index (χ0) is 13.5. The molecule has 4 heteroatoms. The molecule has 0 aliphatic heterocycles. The summed E-state index contributed by atoms with van der Waals surface area (Å²) in [7, 11) is 1.71. The van der Waals surface area contributed by atoms with Crippen molar-refractivity contribution in [2.24, 2.45) is 0 Å². The number of alkyl halides is 1. The second-order valence-corrected chi connectivity index (χ2v) is 5.81. The highest BCUT2D eigenvalue weighted by Crippen LogP contribution is 2.23. The van der Waals surface area contributed by atoms with Crippen molar-refractivity contribution >= 4 is 15.9 Å². The first kappa shape index (κ1) is 15.4. The Morgan fingerprint density at radius 3 is 2.78 bits per heavy atom. The number of methoxy groups -OCH3 is 1. The molecule has 0 saturated heterocycles. The maximum absolute atomic E-state index is 5.40. The lowest BCUT2D eigenvalue weighted by Crippen LogP contribution is -2.19. The van der Waals surface area contributed by atoms with Crippen LogP contribution in [0, 0.1) is 13.8 Å². The maximum atomic E-state index is 5.40. The Morgan fingerprint density at radius 1 is 1.44 bits per heavy atom. The van der Waals surface area contributed by atoms with Gasteiger partial charge in [-0.05, 0) is 33.2 Å². The largest absolute Gasteiger partial charge is 0.496 e. The third-order valence-electron chi connectivity index (χ3n) is 3.12.